The quantitative estimate of drug-likeness (QED) is 0.899. The zero-order chi connectivity index (χ0) is 13.8. The molecular weight excluding hydrogens is 262 g/mol. The molecule has 2 heterocycles. The number of rotatable bonds is 5. The van der Waals surface area contributed by atoms with Crippen LogP contribution in [0.3, 0.4) is 0 Å². The van der Waals surface area contributed by atoms with E-state index in [1.165, 1.54) is 6.42 Å². The normalized spacial score (nSPS) is 19.4. The van der Waals surface area contributed by atoms with E-state index >= 15 is 0 Å². The van der Waals surface area contributed by atoms with Gasteiger partial charge in [0, 0.05) is 30.9 Å². The van der Waals surface area contributed by atoms with Crippen molar-refractivity contribution in [1.29, 1.82) is 0 Å². The summed E-state index contributed by atoms with van der Waals surface area (Å²) < 4.78 is 0. The number of likely N-dealkylation sites (N-methyl/N-ethyl adjacent to an activating group) is 1. The summed E-state index contributed by atoms with van der Waals surface area (Å²) in [5.41, 5.74) is 0.748. The summed E-state index contributed by atoms with van der Waals surface area (Å²) in [6.45, 7) is 8.56. The van der Waals surface area contributed by atoms with Gasteiger partial charge < -0.3 is 10.0 Å². The van der Waals surface area contributed by atoms with Crippen LogP contribution >= 0.6 is 11.6 Å². The van der Waals surface area contributed by atoms with Crippen molar-refractivity contribution in [2.45, 2.75) is 32.9 Å². The van der Waals surface area contributed by atoms with Gasteiger partial charge in [-0.2, -0.15) is 0 Å². The third-order valence-corrected chi connectivity index (χ3v) is 4.25. The van der Waals surface area contributed by atoms with E-state index < -0.39 is 0 Å². The number of aromatic nitrogens is 1. The molecular formula is C14H22ClN3O. The van der Waals surface area contributed by atoms with Crippen LogP contribution in [0.1, 0.15) is 25.8 Å². The number of aliphatic hydroxyl groups is 1. The van der Waals surface area contributed by atoms with E-state index in [4.69, 9.17) is 11.6 Å². The van der Waals surface area contributed by atoms with Crippen molar-refractivity contribution in [3.05, 3.63) is 22.8 Å². The third kappa shape index (κ3) is 3.19. The largest absolute Gasteiger partial charge is 0.392 e. The molecule has 1 aliphatic heterocycles. The summed E-state index contributed by atoms with van der Waals surface area (Å²) in [4.78, 5) is 9.14. The van der Waals surface area contributed by atoms with E-state index in [1.807, 2.05) is 6.07 Å². The van der Waals surface area contributed by atoms with Gasteiger partial charge in [0.2, 0.25) is 0 Å². The van der Waals surface area contributed by atoms with Gasteiger partial charge in [-0.05, 0) is 25.6 Å². The number of anilines is 1. The fourth-order valence-corrected chi connectivity index (χ4v) is 2.91. The first-order chi connectivity index (χ1) is 9.19. The smallest absolute Gasteiger partial charge is 0.128 e. The van der Waals surface area contributed by atoms with E-state index in [0.29, 0.717) is 11.1 Å². The van der Waals surface area contributed by atoms with Gasteiger partial charge in [-0.15, -0.1) is 0 Å². The zero-order valence-electron chi connectivity index (χ0n) is 11.6. The fourth-order valence-electron chi connectivity index (χ4n) is 2.75. The molecule has 0 aliphatic carbocycles. The van der Waals surface area contributed by atoms with Crippen molar-refractivity contribution < 1.29 is 5.11 Å². The second-order valence-corrected chi connectivity index (χ2v) is 5.31. The lowest BCUT2D eigenvalue weighted by Crippen LogP contribution is -2.37. The number of halogens is 1. The molecule has 0 aromatic carbocycles. The second-order valence-electron chi connectivity index (χ2n) is 4.90. The number of hydrogen-bond donors (Lipinski definition) is 1. The molecule has 1 fully saturated rings. The molecule has 1 aromatic heterocycles. The van der Waals surface area contributed by atoms with Crippen molar-refractivity contribution in [3.63, 3.8) is 0 Å². The van der Waals surface area contributed by atoms with Crippen LogP contribution in [0.2, 0.25) is 5.02 Å². The lowest BCUT2D eigenvalue weighted by Gasteiger charge is -2.26. The van der Waals surface area contributed by atoms with Gasteiger partial charge in [0.15, 0.2) is 0 Å². The molecule has 0 spiro atoms. The molecule has 2 rings (SSSR count). The Bertz CT molecular complexity index is 423. The van der Waals surface area contributed by atoms with Gasteiger partial charge in [-0.25, -0.2) is 4.98 Å². The first kappa shape index (κ1) is 14.6. The Morgan fingerprint density at radius 2 is 2.21 bits per heavy atom. The Labute approximate surface area is 120 Å². The average Bonchev–Trinajstić information content (AvgIpc) is 2.90. The molecule has 0 bridgehead atoms. The fraction of sp³-hybridized carbons (Fsp3) is 0.643. The van der Waals surface area contributed by atoms with Gasteiger partial charge in [-0.1, -0.05) is 25.4 Å². The summed E-state index contributed by atoms with van der Waals surface area (Å²) >= 11 is 5.98. The maximum Gasteiger partial charge on any atom is 0.128 e. The Morgan fingerprint density at radius 3 is 2.84 bits per heavy atom. The van der Waals surface area contributed by atoms with Crippen LogP contribution in [0, 0.1) is 0 Å². The van der Waals surface area contributed by atoms with Crippen molar-refractivity contribution in [2.75, 3.05) is 31.1 Å². The highest BCUT2D eigenvalue weighted by atomic mass is 35.5. The monoisotopic (exact) mass is 283 g/mol. The summed E-state index contributed by atoms with van der Waals surface area (Å²) in [5.74, 6) is 0.920. The molecule has 1 aromatic rings. The minimum absolute atomic E-state index is 0.0400. The van der Waals surface area contributed by atoms with Gasteiger partial charge in [0.1, 0.15) is 5.82 Å². The van der Waals surface area contributed by atoms with Crippen LogP contribution < -0.4 is 4.90 Å². The van der Waals surface area contributed by atoms with E-state index in [9.17, 15) is 5.11 Å². The maximum atomic E-state index is 9.26. The Hall–Kier alpha value is -0.840. The highest BCUT2D eigenvalue weighted by Crippen LogP contribution is 2.25. The van der Waals surface area contributed by atoms with Crippen LogP contribution in [0.15, 0.2) is 12.3 Å². The third-order valence-electron chi connectivity index (χ3n) is 3.91. The van der Waals surface area contributed by atoms with E-state index in [2.05, 4.69) is 28.6 Å². The number of aliphatic hydroxyl groups excluding tert-OH is 1. The Kier molecular flexibility index (Phi) is 5.02. The molecule has 1 N–H and O–H groups in total. The Balaban J connectivity index is 2.08. The van der Waals surface area contributed by atoms with Gasteiger partial charge in [0.05, 0.1) is 11.6 Å². The number of pyridine rings is 1. The average molecular weight is 284 g/mol. The summed E-state index contributed by atoms with van der Waals surface area (Å²) in [6.07, 6.45) is 2.80. The maximum absolute atomic E-state index is 9.26. The first-order valence-electron chi connectivity index (χ1n) is 6.93. The molecule has 19 heavy (non-hydrogen) atoms. The highest BCUT2D eigenvalue weighted by molar-refractivity contribution is 6.31. The van der Waals surface area contributed by atoms with Crippen LogP contribution in [0.4, 0.5) is 5.82 Å². The Morgan fingerprint density at radius 1 is 1.47 bits per heavy atom. The molecule has 0 saturated carbocycles. The van der Waals surface area contributed by atoms with Gasteiger partial charge >= 0.3 is 0 Å². The summed E-state index contributed by atoms with van der Waals surface area (Å²) in [7, 11) is 0. The molecule has 1 aliphatic rings. The SMILES string of the molecule is CCN(CC)C1CCN(c2cc(CO)c(Cl)cn2)C1. The first-order valence-corrected chi connectivity index (χ1v) is 7.31. The second kappa shape index (κ2) is 6.55. The van der Waals surface area contributed by atoms with E-state index in [0.717, 1.165) is 37.6 Å². The molecule has 106 valence electrons. The molecule has 5 heteroatoms. The summed E-state index contributed by atoms with van der Waals surface area (Å²) in [5, 5.41) is 9.80. The van der Waals surface area contributed by atoms with Crippen molar-refractivity contribution in [3.8, 4) is 0 Å². The van der Waals surface area contributed by atoms with E-state index in [1.54, 1.807) is 6.20 Å². The van der Waals surface area contributed by atoms with E-state index in [-0.39, 0.29) is 6.61 Å². The minimum atomic E-state index is -0.0400. The molecule has 1 unspecified atom stereocenters. The molecule has 1 saturated heterocycles. The lowest BCUT2D eigenvalue weighted by atomic mass is 10.2. The minimum Gasteiger partial charge on any atom is -0.392 e. The van der Waals surface area contributed by atoms with Gasteiger partial charge in [0.25, 0.3) is 0 Å². The van der Waals surface area contributed by atoms with Crippen molar-refractivity contribution >= 4 is 17.4 Å². The van der Waals surface area contributed by atoms with Crippen LogP contribution in [0.5, 0.6) is 0 Å². The summed E-state index contributed by atoms with van der Waals surface area (Å²) in [6, 6.07) is 2.50. The standard InChI is InChI=1S/C14H22ClN3O/c1-3-17(4-2)12-5-6-18(9-12)14-7-11(10-19)13(15)8-16-14/h7-8,12,19H,3-6,9-10H2,1-2H3. The van der Waals surface area contributed by atoms with Crippen LogP contribution in [0.25, 0.3) is 0 Å². The molecule has 4 nitrogen and oxygen atoms in total. The predicted octanol–water partition coefficient (Wildman–Crippen LogP) is 2.15. The molecule has 0 amide bonds. The van der Waals surface area contributed by atoms with Gasteiger partial charge in [-0.3, -0.25) is 4.90 Å². The topological polar surface area (TPSA) is 39.6 Å². The molecule has 1 atom stereocenters. The van der Waals surface area contributed by atoms with Crippen molar-refractivity contribution in [1.82, 2.24) is 9.88 Å². The highest BCUT2D eigenvalue weighted by Gasteiger charge is 2.27. The number of hydrogen-bond acceptors (Lipinski definition) is 4. The molecule has 0 radical (unpaired) electrons. The number of nitrogens with zero attached hydrogens (tertiary/aromatic N) is 3. The predicted molar refractivity (Wildman–Crippen MR) is 78.7 cm³/mol. The van der Waals surface area contributed by atoms with Crippen LogP contribution in [-0.4, -0.2) is 47.2 Å². The lowest BCUT2D eigenvalue weighted by molar-refractivity contribution is 0.232. The zero-order valence-corrected chi connectivity index (χ0v) is 12.4. The van der Waals surface area contributed by atoms with Crippen molar-refractivity contribution in [2.24, 2.45) is 0 Å². The van der Waals surface area contributed by atoms with Crippen LogP contribution in [-0.2, 0) is 6.61 Å².